The fourth-order valence-corrected chi connectivity index (χ4v) is 2.82. The summed E-state index contributed by atoms with van der Waals surface area (Å²) in [5.41, 5.74) is 8.23. The van der Waals surface area contributed by atoms with Crippen LogP contribution in [0.4, 0.5) is 5.95 Å². The van der Waals surface area contributed by atoms with E-state index in [0.717, 1.165) is 18.6 Å². The molecule has 1 aromatic heterocycles. The molecule has 5 nitrogen and oxygen atoms in total. The summed E-state index contributed by atoms with van der Waals surface area (Å²) in [4.78, 5) is 6.77. The monoisotopic (exact) mass is 285 g/mol. The van der Waals surface area contributed by atoms with Crippen LogP contribution in [0.25, 0.3) is 11.0 Å². The van der Waals surface area contributed by atoms with Crippen LogP contribution in [-0.2, 0) is 6.54 Å². The first-order valence-electron chi connectivity index (χ1n) is 7.36. The number of hydrogen-bond donors (Lipinski definition) is 1. The van der Waals surface area contributed by atoms with Crippen molar-refractivity contribution in [1.29, 1.82) is 5.26 Å². The van der Waals surface area contributed by atoms with Crippen LogP contribution in [0.5, 0.6) is 0 Å². The van der Waals surface area contributed by atoms with Gasteiger partial charge in [0.15, 0.2) is 0 Å². The van der Waals surface area contributed by atoms with Gasteiger partial charge in [-0.05, 0) is 39.8 Å². The highest BCUT2D eigenvalue weighted by Gasteiger charge is 2.16. The molecule has 21 heavy (non-hydrogen) atoms. The van der Waals surface area contributed by atoms with Crippen molar-refractivity contribution in [1.82, 2.24) is 14.5 Å². The van der Waals surface area contributed by atoms with Crippen molar-refractivity contribution in [2.24, 2.45) is 0 Å². The van der Waals surface area contributed by atoms with E-state index >= 15 is 0 Å². The number of hydrogen-bond acceptors (Lipinski definition) is 4. The zero-order valence-corrected chi connectivity index (χ0v) is 13.2. The molecule has 0 atom stereocenters. The third kappa shape index (κ3) is 3.01. The number of nitrogens with zero attached hydrogens (tertiary/aromatic N) is 4. The van der Waals surface area contributed by atoms with E-state index in [-0.39, 0.29) is 0 Å². The normalized spacial score (nSPS) is 11.7. The quantitative estimate of drug-likeness (QED) is 0.916. The maximum Gasteiger partial charge on any atom is 0.201 e. The van der Waals surface area contributed by atoms with Gasteiger partial charge >= 0.3 is 0 Å². The topological polar surface area (TPSA) is 70.9 Å². The first kappa shape index (κ1) is 15.3. The van der Waals surface area contributed by atoms with E-state index in [1.807, 2.05) is 16.7 Å². The second kappa shape index (κ2) is 6.15. The standard InChI is InChI=1S/C16H23N5/c1-11(2)20(12(3)4)8-9-21-14-7-5-6-13(10-17)15(14)19-16(21)18/h5-7,11-12H,8-9H2,1-4H3,(H2,18,19). The minimum Gasteiger partial charge on any atom is -0.369 e. The Morgan fingerprint density at radius 1 is 1.29 bits per heavy atom. The van der Waals surface area contributed by atoms with Gasteiger partial charge in [-0.1, -0.05) is 6.07 Å². The molecule has 0 aliphatic rings. The van der Waals surface area contributed by atoms with Crippen molar-refractivity contribution in [2.75, 3.05) is 12.3 Å². The SMILES string of the molecule is CC(C)N(CCn1c(N)nc2c(C#N)cccc21)C(C)C. The lowest BCUT2D eigenvalue weighted by Gasteiger charge is -2.30. The predicted molar refractivity (Wildman–Crippen MR) is 85.8 cm³/mol. The summed E-state index contributed by atoms with van der Waals surface area (Å²) >= 11 is 0. The molecule has 0 radical (unpaired) electrons. The zero-order valence-electron chi connectivity index (χ0n) is 13.2. The number of imidazole rings is 1. The smallest absolute Gasteiger partial charge is 0.201 e. The van der Waals surface area contributed by atoms with Crippen molar-refractivity contribution in [3.63, 3.8) is 0 Å². The van der Waals surface area contributed by atoms with Crippen molar-refractivity contribution in [3.8, 4) is 6.07 Å². The van der Waals surface area contributed by atoms with Crippen molar-refractivity contribution in [3.05, 3.63) is 23.8 Å². The molecule has 0 aliphatic carbocycles. The number of nitrogens with two attached hydrogens (primary N) is 1. The minimum atomic E-state index is 0.472. The molecule has 0 saturated heterocycles. The summed E-state index contributed by atoms with van der Waals surface area (Å²) in [5.74, 6) is 0.472. The molecular weight excluding hydrogens is 262 g/mol. The molecule has 2 rings (SSSR count). The van der Waals surface area contributed by atoms with Crippen molar-refractivity contribution in [2.45, 2.75) is 46.3 Å². The Kier molecular flexibility index (Phi) is 4.49. The Bertz CT molecular complexity index is 655. The van der Waals surface area contributed by atoms with Gasteiger partial charge in [0, 0.05) is 25.2 Å². The minimum absolute atomic E-state index is 0.472. The largest absolute Gasteiger partial charge is 0.369 e. The van der Waals surface area contributed by atoms with Gasteiger partial charge in [-0.3, -0.25) is 4.90 Å². The van der Waals surface area contributed by atoms with Gasteiger partial charge in [0.1, 0.15) is 11.6 Å². The fourth-order valence-electron chi connectivity index (χ4n) is 2.82. The molecule has 2 N–H and O–H groups in total. The summed E-state index contributed by atoms with van der Waals surface area (Å²) in [5, 5.41) is 9.15. The molecule has 0 spiro atoms. The molecule has 1 heterocycles. The van der Waals surface area contributed by atoms with Crippen LogP contribution in [-0.4, -0.2) is 33.1 Å². The molecule has 0 unspecified atom stereocenters. The van der Waals surface area contributed by atoms with E-state index in [2.05, 4.69) is 43.6 Å². The average molecular weight is 285 g/mol. The highest BCUT2D eigenvalue weighted by molar-refractivity contribution is 5.83. The first-order valence-corrected chi connectivity index (χ1v) is 7.36. The summed E-state index contributed by atoms with van der Waals surface area (Å²) in [6.07, 6.45) is 0. The average Bonchev–Trinajstić information content (AvgIpc) is 2.74. The first-order chi connectivity index (χ1) is 9.95. The summed E-state index contributed by atoms with van der Waals surface area (Å²) in [7, 11) is 0. The van der Waals surface area contributed by atoms with E-state index in [0.29, 0.717) is 29.1 Å². The Morgan fingerprint density at radius 3 is 2.52 bits per heavy atom. The second-order valence-corrected chi connectivity index (χ2v) is 5.83. The number of anilines is 1. The van der Waals surface area contributed by atoms with Crippen LogP contribution < -0.4 is 5.73 Å². The molecular formula is C16H23N5. The van der Waals surface area contributed by atoms with Crippen LogP contribution in [0, 0.1) is 11.3 Å². The van der Waals surface area contributed by atoms with Crippen LogP contribution in [0.3, 0.4) is 0 Å². The highest BCUT2D eigenvalue weighted by Crippen LogP contribution is 2.21. The number of fused-ring (bicyclic) bond motifs is 1. The lowest BCUT2D eigenvalue weighted by molar-refractivity contribution is 0.169. The summed E-state index contributed by atoms with van der Waals surface area (Å²) in [6, 6.07) is 8.75. The van der Waals surface area contributed by atoms with Crippen molar-refractivity contribution >= 4 is 17.0 Å². The van der Waals surface area contributed by atoms with Gasteiger partial charge < -0.3 is 10.3 Å². The Balaban J connectivity index is 2.31. The highest BCUT2D eigenvalue weighted by atomic mass is 15.2. The number of benzene rings is 1. The van der Waals surface area contributed by atoms with E-state index in [1.54, 1.807) is 6.07 Å². The number of nitrogen functional groups attached to an aromatic ring is 1. The van der Waals surface area contributed by atoms with Crippen LogP contribution in [0.15, 0.2) is 18.2 Å². The third-order valence-electron chi connectivity index (χ3n) is 3.84. The number of para-hydroxylation sites is 1. The predicted octanol–water partition coefficient (Wildman–Crippen LogP) is 2.61. The molecule has 112 valence electrons. The van der Waals surface area contributed by atoms with Crippen LogP contribution in [0.1, 0.15) is 33.3 Å². The van der Waals surface area contributed by atoms with Gasteiger partial charge in [-0.2, -0.15) is 5.26 Å². The Hall–Kier alpha value is -2.06. The Morgan fingerprint density at radius 2 is 1.95 bits per heavy atom. The molecule has 2 aromatic rings. The molecule has 5 heteroatoms. The molecule has 0 amide bonds. The van der Waals surface area contributed by atoms with E-state index in [9.17, 15) is 0 Å². The van der Waals surface area contributed by atoms with Crippen molar-refractivity contribution < 1.29 is 0 Å². The lowest BCUT2D eigenvalue weighted by atomic mass is 10.2. The van der Waals surface area contributed by atoms with E-state index < -0.39 is 0 Å². The van der Waals surface area contributed by atoms with Gasteiger partial charge in [-0.25, -0.2) is 4.98 Å². The number of nitriles is 1. The number of rotatable bonds is 5. The maximum absolute atomic E-state index is 9.15. The van der Waals surface area contributed by atoms with Crippen LogP contribution >= 0.6 is 0 Å². The molecule has 1 aromatic carbocycles. The van der Waals surface area contributed by atoms with E-state index in [4.69, 9.17) is 11.0 Å². The van der Waals surface area contributed by atoms with Gasteiger partial charge in [-0.15, -0.1) is 0 Å². The van der Waals surface area contributed by atoms with Crippen LogP contribution in [0.2, 0.25) is 0 Å². The summed E-state index contributed by atoms with van der Waals surface area (Å²) < 4.78 is 1.99. The lowest BCUT2D eigenvalue weighted by Crippen LogP contribution is -2.39. The van der Waals surface area contributed by atoms with Gasteiger partial charge in [0.25, 0.3) is 0 Å². The second-order valence-electron chi connectivity index (χ2n) is 5.83. The maximum atomic E-state index is 9.15. The van der Waals surface area contributed by atoms with Gasteiger partial charge in [0.05, 0.1) is 11.1 Å². The fraction of sp³-hybridized carbons (Fsp3) is 0.500. The molecule has 0 saturated carbocycles. The molecule has 0 bridgehead atoms. The summed E-state index contributed by atoms with van der Waals surface area (Å²) in [6.45, 7) is 10.5. The number of aromatic nitrogens is 2. The third-order valence-corrected chi connectivity index (χ3v) is 3.84. The zero-order chi connectivity index (χ0) is 15.6. The molecule has 0 aliphatic heterocycles. The molecule has 0 fully saturated rings. The Labute approximate surface area is 126 Å². The van der Waals surface area contributed by atoms with E-state index in [1.165, 1.54) is 0 Å². The van der Waals surface area contributed by atoms with Gasteiger partial charge in [0.2, 0.25) is 5.95 Å².